The zero-order valence-corrected chi connectivity index (χ0v) is 11.5. The number of hydrogen-bond acceptors (Lipinski definition) is 3. The number of nitrogens with one attached hydrogen (secondary N) is 2. The largest absolute Gasteiger partial charge is 0.481 e. The van der Waals surface area contributed by atoms with Crippen molar-refractivity contribution in [3.05, 3.63) is 29.8 Å². The Morgan fingerprint density at radius 3 is 2.33 bits per heavy atom. The molecule has 0 aromatic heterocycles. The number of rotatable bonds is 6. The van der Waals surface area contributed by atoms with Gasteiger partial charge in [-0.1, -0.05) is 19.1 Å². The van der Waals surface area contributed by atoms with E-state index in [1.807, 2.05) is 31.3 Å². The lowest BCUT2D eigenvalue weighted by Gasteiger charge is -2.16. The van der Waals surface area contributed by atoms with Crippen molar-refractivity contribution in [2.45, 2.75) is 32.4 Å². The quantitative estimate of drug-likeness (QED) is 0.810. The van der Waals surface area contributed by atoms with Crippen LogP contribution in [0, 0.1) is 0 Å². The second kappa shape index (κ2) is 7.01. The van der Waals surface area contributed by atoms with Crippen LogP contribution >= 0.6 is 0 Å². The first-order valence-corrected chi connectivity index (χ1v) is 6.27. The highest BCUT2D eigenvalue weighted by atomic mass is 16.5. The van der Waals surface area contributed by atoms with E-state index in [-0.39, 0.29) is 5.91 Å². The summed E-state index contributed by atoms with van der Waals surface area (Å²) in [5, 5.41) is 5.81. The molecule has 18 heavy (non-hydrogen) atoms. The van der Waals surface area contributed by atoms with Crippen LogP contribution in [0.1, 0.15) is 31.9 Å². The first-order valence-electron chi connectivity index (χ1n) is 6.27. The van der Waals surface area contributed by atoms with E-state index in [1.54, 1.807) is 14.0 Å². The lowest BCUT2D eigenvalue weighted by molar-refractivity contribution is -0.126. The van der Waals surface area contributed by atoms with E-state index in [4.69, 9.17) is 4.74 Å². The summed E-state index contributed by atoms with van der Waals surface area (Å²) < 4.78 is 5.54. The molecule has 4 heteroatoms. The van der Waals surface area contributed by atoms with Crippen LogP contribution in [0.2, 0.25) is 0 Å². The highest BCUT2D eigenvalue weighted by molar-refractivity contribution is 5.80. The fourth-order valence-electron chi connectivity index (χ4n) is 1.85. The van der Waals surface area contributed by atoms with Gasteiger partial charge in [0.25, 0.3) is 5.91 Å². The Hall–Kier alpha value is -1.55. The number of benzene rings is 1. The van der Waals surface area contributed by atoms with Gasteiger partial charge in [0.05, 0.1) is 0 Å². The van der Waals surface area contributed by atoms with Gasteiger partial charge in [0.1, 0.15) is 5.75 Å². The summed E-state index contributed by atoms with van der Waals surface area (Å²) in [6.45, 7) is 3.87. The summed E-state index contributed by atoms with van der Waals surface area (Å²) in [5.74, 6) is 0.585. The average Bonchev–Trinajstić information content (AvgIpc) is 2.41. The predicted molar refractivity (Wildman–Crippen MR) is 72.7 cm³/mol. The van der Waals surface area contributed by atoms with Gasteiger partial charge in [0.2, 0.25) is 0 Å². The Morgan fingerprint density at radius 1 is 1.28 bits per heavy atom. The van der Waals surface area contributed by atoms with E-state index in [9.17, 15) is 4.79 Å². The average molecular weight is 250 g/mol. The van der Waals surface area contributed by atoms with Crippen LogP contribution in [0.3, 0.4) is 0 Å². The van der Waals surface area contributed by atoms with Gasteiger partial charge < -0.3 is 15.4 Å². The molecule has 1 aromatic rings. The molecule has 0 heterocycles. The van der Waals surface area contributed by atoms with Crippen molar-refractivity contribution in [2.24, 2.45) is 0 Å². The minimum absolute atomic E-state index is 0.124. The van der Waals surface area contributed by atoms with Gasteiger partial charge in [0.15, 0.2) is 6.10 Å². The first-order chi connectivity index (χ1) is 8.62. The Morgan fingerprint density at radius 2 is 1.89 bits per heavy atom. The Labute approximate surface area is 109 Å². The minimum atomic E-state index is -0.480. The molecule has 4 nitrogen and oxygen atoms in total. The molecule has 0 aliphatic carbocycles. The molecule has 0 aliphatic heterocycles. The third-order valence-electron chi connectivity index (χ3n) is 2.97. The van der Waals surface area contributed by atoms with Crippen LogP contribution in [-0.2, 0) is 4.79 Å². The van der Waals surface area contributed by atoms with Crippen LogP contribution in [0.25, 0.3) is 0 Å². The number of carbonyl (C=O) groups excluding carboxylic acids is 1. The zero-order chi connectivity index (χ0) is 13.5. The maximum absolute atomic E-state index is 11.3. The molecule has 1 rings (SSSR count). The second-order valence-electron chi connectivity index (χ2n) is 4.19. The molecule has 0 radical (unpaired) electrons. The molecule has 1 amide bonds. The molecule has 2 N–H and O–H groups in total. The van der Waals surface area contributed by atoms with E-state index in [1.165, 1.54) is 5.56 Å². The summed E-state index contributed by atoms with van der Waals surface area (Å²) in [6.07, 6.45) is 0.554. The first kappa shape index (κ1) is 14.5. The Kier molecular flexibility index (Phi) is 5.65. The highest BCUT2D eigenvalue weighted by Crippen LogP contribution is 2.20. The van der Waals surface area contributed by atoms with Crippen molar-refractivity contribution in [1.29, 1.82) is 0 Å². The van der Waals surface area contributed by atoms with Crippen LogP contribution in [0.15, 0.2) is 24.3 Å². The molecule has 2 unspecified atom stereocenters. The molecular formula is C14H22N2O2. The normalized spacial score (nSPS) is 13.8. The lowest BCUT2D eigenvalue weighted by Crippen LogP contribution is -2.33. The summed E-state index contributed by atoms with van der Waals surface area (Å²) in [4.78, 5) is 11.3. The molecule has 2 atom stereocenters. The van der Waals surface area contributed by atoms with Gasteiger partial charge in [-0.25, -0.2) is 0 Å². The van der Waals surface area contributed by atoms with E-state index < -0.39 is 6.10 Å². The number of amides is 1. The summed E-state index contributed by atoms with van der Waals surface area (Å²) in [6, 6.07) is 8.20. The molecule has 0 saturated carbocycles. The van der Waals surface area contributed by atoms with Crippen molar-refractivity contribution in [2.75, 3.05) is 14.1 Å². The van der Waals surface area contributed by atoms with Gasteiger partial charge in [-0.2, -0.15) is 0 Å². The number of carbonyl (C=O) groups is 1. The van der Waals surface area contributed by atoms with Crippen LogP contribution in [0.4, 0.5) is 0 Å². The van der Waals surface area contributed by atoms with Gasteiger partial charge in [-0.15, -0.1) is 0 Å². The fourth-order valence-corrected chi connectivity index (χ4v) is 1.85. The van der Waals surface area contributed by atoms with Crippen molar-refractivity contribution in [1.82, 2.24) is 10.6 Å². The summed E-state index contributed by atoms with van der Waals surface area (Å²) in [7, 11) is 3.55. The van der Waals surface area contributed by atoms with E-state index in [0.29, 0.717) is 11.8 Å². The maximum atomic E-state index is 11.3. The molecule has 0 aliphatic rings. The van der Waals surface area contributed by atoms with Crippen molar-refractivity contribution >= 4 is 5.91 Å². The number of hydrogen-bond donors (Lipinski definition) is 2. The SMILES string of the molecule is CCC(NC)c1ccc(OC(C)C(=O)NC)cc1. The molecule has 0 spiro atoms. The number of ether oxygens (including phenoxy) is 1. The maximum Gasteiger partial charge on any atom is 0.260 e. The Bertz CT molecular complexity index is 372. The van der Waals surface area contributed by atoms with Gasteiger partial charge in [-0.3, -0.25) is 4.79 Å². The lowest BCUT2D eigenvalue weighted by atomic mass is 10.0. The van der Waals surface area contributed by atoms with E-state index in [0.717, 1.165) is 6.42 Å². The molecule has 100 valence electrons. The molecule has 0 saturated heterocycles. The molecule has 0 fully saturated rings. The van der Waals surface area contributed by atoms with Crippen LogP contribution < -0.4 is 15.4 Å². The predicted octanol–water partition coefficient (Wildman–Crippen LogP) is 1.87. The van der Waals surface area contributed by atoms with Crippen molar-refractivity contribution in [3.8, 4) is 5.75 Å². The Balaban J connectivity index is 2.68. The standard InChI is InChI=1S/C14H22N2O2/c1-5-13(15-3)11-6-8-12(9-7-11)18-10(2)14(17)16-4/h6-10,13,15H,5H2,1-4H3,(H,16,17). The van der Waals surface area contributed by atoms with Crippen LogP contribution in [0.5, 0.6) is 5.75 Å². The minimum Gasteiger partial charge on any atom is -0.481 e. The smallest absolute Gasteiger partial charge is 0.260 e. The van der Waals surface area contributed by atoms with Gasteiger partial charge in [0, 0.05) is 13.1 Å². The highest BCUT2D eigenvalue weighted by Gasteiger charge is 2.12. The van der Waals surface area contributed by atoms with Crippen molar-refractivity contribution < 1.29 is 9.53 Å². The van der Waals surface area contributed by atoms with E-state index >= 15 is 0 Å². The topological polar surface area (TPSA) is 50.4 Å². The fraction of sp³-hybridized carbons (Fsp3) is 0.500. The third kappa shape index (κ3) is 3.74. The molecule has 1 aromatic carbocycles. The van der Waals surface area contributed by atoms with Crippen LogP contribution in [-0.4, -0.2) is 26.1 Å². The zero-order valence-electron chi connectivity index (χ0n) is 11.5. The summed E-state index contributed by atoms with van der Waals surface area (Å²) >= 11 is 0. The molecule has 0 bridgehead atoms. The third-order valence-corrected chi connectivity index (χ3v) is 2.97. The van der Waals surface area contributed by atoms with E-state index in [2.05, 4.69) is 17.6 Å². The number of likely N-dealkylation sites (N-methyl/N-ethyl adjacent to an activating group) is 1. The van der Waals surface area contributed by atoms with Crippen molar-refractivity contribution in [3.63, 3.8) is 0 Å². The second-order valence-corrected chi connectivity index (χ2v) is 4.19. The van der Waals surface area contributed by atoms with Gasteiger partial charge in [-0.05, 0) is 38.1 Å². The molecular weight excluding hydrogens is 228 g/mol. The van der Waals surface area contributed by atoms with Gasteiger partial charge >= 0.3 is 0 Å². The monoisotopic (exact) mass is 250 g/mol. The summed E-state index contributed by atoms with van der Waals surface area (Å²) in [5.41, 5.74) is 1.22.